The quantitative estimate of drug-likeness (QED) is 0.351. The Bertz CT molecular complexity index is 1440. The highest BCUT2D eigenvalue weighted by Gasteiger charge is 2.53. The standard InChI is InChI=1S/C24H25N7O5S/c32-22(27-18-2-4-19(5-3-18)37(35,36)29-23-25-6-1-7-26-23)21-20(31(33)34)14-30(28-21)24-11-15-8-16(12-24)10-17(9-15)13-24/h1-7,14-17H,8-13H2,(H,27,32)(H,25,26,29). The fourth-order valence-electron chi connectivity index (χ4n) is 6.69. The van der Waals surface area contributed by atoms with Gasteiger partial charge in [0.15, 0.2) is 0 Å². The third kappa shape index (κ3) is 4.32. The van der Waals surface area contributed by atoms with Gasteiger partial charge in [0.1, 0.15) is 6.20 Å². The first-order valence-electron chi connectivity index (χ1n) is 12.2. The molecule has 13 heteroatoms. The summed E-state index contributed by atoms with van der Waals surface area (Å²) in [4.78, 5) is 31.9. The minimum absolute atomic E-state index is 0.0602. The zero-order chi connectivity index (χ0) is 25.8. The van der Waals surface area contributed by atoms with E-state index < -0.39 is 20.9 Å². The Kier molecular flexibility index (Phi) is 5.48. The third-order valence-electron chi connectivity index (χ3n) is 7.81. The Balaban J connectivity index is 1.22. The van der Waals surface area contributed by atoms with Crippen molar-refractivity contribution < 1.29 is 18.1 Å². The number of hydrogen-bond acceptors (Lipinski definition) is 8. The maximum absolute atomic E-state index is 13.1. The molecule has 2 aromatic heterocycles. The first-order valence-corrected chi connectivity index (χ1v) is 13.6. The van der Waals surface area contributed by atoms with E-state index in [0.29, 0.717) is 17.8 Å². The van der Waals surface area contributed by atoms with Crippen molar-refractivity contribution >= 4 is 33.3 Å². The molecule has 1 amide bonds. The van der Waals surface area contributed by atoms with E-state index in [9.17, 15) is 23.3 Å². The molecule has 2 heterocycles. The minimum atomic E-state index is -3.94. The van der Waals surface area contributed by atoms with Crippen LogP contribution in [0.15, 0.2) is 53.8 Å². The molecule has 4 saturated carbocycles. The summed E-state index contributed by atoms with van der Waals surface area (Å²) in [6.45, 7) is 0. The molecule has 192 valence electrons. The van der Waals surface area contributed by atoms with E-state index in [1.54, 1.807) is 10.7 Å². The molecule has 0 unspecified atom stereocenters. The van der Waals surface area contributed by atoms with E-state index in [0.717, 1.165) is 19.3 Å². The van der Waals surface area contributed by atoms with Crippen LogP contribution in [0.2, 0.25) is 0 Å². The second kappa shape index (κ2) is 8.61. The Morgan fingerprint density at radius 3 is 2.19 bits per heavy atom. The van der Waals surface area contributed by atoms with Crippen LogP contribution in [0.25, 0.3) is 0 Å². The van der Waals surface area contributed by atoms with Crippen molar-refractivity contribution in [3.8, 4) is 0 Å². The molecule has 4 fully saturated rings. The molecule has 4 bridgehead atoms. The van der Waals surface area contributed by atoms with Gasteiger partial charge in [0.05, 0.1) is 15.4 Å². The molecule has 7 rings (SSSR count). The number of carbonyl (C=O) groups excluding carboxylic acids is 1. The van der Waals surface area contributed by atoms with Crippen LogP contribution < -0.4 is 10.0 Å². The van der Waals surface area contributed by atoms with E-state index in [-0.39, 0.29) is 33.5 Å². The summed E-state index contributed by atoms with van der Waals surface area (Å²) in [6.07, 6.45) is 10.7. The number of nitrogens with zero attached hydrogens (tertiary/aromatic N) is 5. The van der Waals surface area contributed by atoms with Crippen molar-refractivity contribution in [3.63, 3.8) is 0 Å². The lowest BCUT2D eigenvalue weighted by molar-refractivity contribution is -0.385. The topological polar surface area (TPSA) is 162 Å². The molecular formula is C24H25N7O5S. The lowest BCUT2D eigenvalue weighted by Gasteiger charge is -2.56. The van der Waals surface area contributed by atoms with Crippen LogP contribution in [0.4, 0.5) is 17.3 Å². The molecule has 37 heavy (non-hydrogen) atoms. The summed E-state index contributed by atoms with van der Waals surface area (Å²) in [7, 11) is -3.94. The Morgan fingerprint density at radius 1 is 1.03 bits per heavy atom. The van der Waals surface area contributed by atoms with Gasteiger partial charge in [-0.05, 0) is 86.6 Å². The first-order chi connectivity index (χ1) is 17.7. The van der Waals surface area contributed by atoms with E-state index >= 15 is 0 Å². The molecule has 0 atom stereocenters. The lowest BCUT2D eigenvalue weighted by atomic mass is 9.53. The molecule has 2 N–H and O–H groups in total. The van der Waals surface area contributed by atoms with Gasteiger partial charge in [0, 0.05) is 18.1 Å². The summed E-state index contributed by atoms with van der Waals surface area (Å²) in [5, 5.41) is 18.9. The normalized spacial score (nSPS) is 26.1. The van der Waals surface area contributed by atoms with Gasteiger partial charge in [0.25, 0.3) is 15.9 Å². The monoisotopic (exact) mass is 523 g/mol. The van der Waals surface area contributed by atoms with Crippen molar-refractivity contribution in [3.05, 3.63) is 64.7 Å². The predicted molar refractivity (Wildman–Crippen MR) is 132 cm³/mol. The van der Waals surface area contributed by atoms with Crippen LogP contribution in [0.1, 0.15) is 49.0 Å². The van der Waals surface area contributed by atoms with Crippen molar-refractivity contribution in [1.29, 1.82) is 0 Å². The maximum Gasteiger partial charge on any atom is 0.320 e. The molecule has 3 aromatic rings. The predicted octanol–water partition coefficient (Wildman–Crippen LogP) is 3.56. The van der Waals surface area contributed by atoms with Gasteiger partial charge in [0.2, 0.25) is 11.6 Å². The van der Waals surface area contributed by atoms with Crippen LogP contribution in [0, 0.1) is 27.9 Å². The SMILES string of the molecule is O=C(Nc1ccc(S(=O)(=O)Nc2ncccn2)cc1)c1nn(C23CC4CC(CC(C4)C2)C3)cc1[N+](=O)[O-]. The van der Waals surface area contributed by atoms with Crippen molar-refractivity contribution in [2.24, 2.45) is 17.8 Å². The zero-order valence-corrected chi connectivity index (χ0v) is 20.6. The number of nitro groups is 1. The number of benzene rings is 1. The van der Waals surface area contributed by atoms with E-state index in [1.165, 1.54) is 62.1 Å². The van der Waals surface area contributed by atoms with Gasteiger partial charge in [-0.1, -0.05) is 0 Å². The molecule has 1 aromatic carbocycles. The van der Waals surface area contributed by atoms with Crippen molar-refractivity contribution in [1.82, 2.24) is 19.7 Å². The molecular weight excluding hydrogens is 498 g/mol. The highest BCUT2D eigenvalue weighted by molar-refractivity contribution is 7.92. The smallest absolute Gasteiger partial charge is 0.320 e. The van der Waals surface area contributed by atoms with Gasteiger partial charge in [-0.3, -0.25) is 19.6 Å². The van der Waals surface area contributed by atoms with Crippen LogP contribution >= 0.6 is 0 Å². The largest absolute Gasteiger partial charge is 0.320 e. The van der Waals surface area contributed by atoms with Crippen molar-refractivity contribution in [2.75, 3.05) is 10.0 Å². The number of amides is 1. The highest BCUT2D eigenvalue weighted by atomic mass is 32.2. The number of aromatic nitrogens is 4. The lowest BCUT2D eigenvalue weighted by Crippen LogP contribution is -2.52. The number of nitrogens with one attached hydrogen (secondary N) is 2. The van der Waals surface area contributed by atoms with Crippen LogP contribution in [-0.4, -0.2) is 39.0 Å². The number of rotatable bonds is 7. The number of hydrogen-bond donors (Lipinski definition) is 2. The molecule has 0 radical (unpaired) electrons. The number of anilines is 2. The summed E-state index contributed by atoms with van der Waals surface area (Å²) < 4.78 is 29.1. The Labute approximate surface area is 212 Å². The van der Waals surface area contributed by atoms with Gasteiger partial charge >= 0.3 is 5.69 Å². The molecule has 0 saturated heterocycles. The molecule has 0 aliphatic heterocycles. The summed E-state index contributed by atoms with van der Waals surface area (Å²) in [5.41, 5.74) is -0.567. The van der Waals surface area contributed by atoms with Gasteiger partial charge in [-0.15, -0.1) is 0 Å². The van der Waals surface area contributed by atoms with Gasteiger partial charge in [-0.25, -0.2) is 23.1 Å². The van der Waals surface area contributed by atoms with Gasteiger partial charge < -0.3 is 5.32 Å². The van der Waals surface area contributed by atoms with Crippen LogP contribution in [0.3, 0.4) is 0 Å². The van der Waals surface area contributed by atoms with Crippen LogP contribution in [0.5, 0.6) is 0 Å². The molecule has 4 aliphatic carbocycles. The minimum Gasteiger partial charge on any atom is -0.320 e. The number of sulfonamides is 1. The van der Waals surface area contributed by atoms with Gasteiger partial charge in [-0.2, -0.15) is 5.10 Å². The van der Waals surface area contributed by atoms with E-state index in [4.69, 9.17) is 0 Å². The van der Waals surface area contributed by atoms with E-state index in [2.05, 4.69) is 25.1 Å². The summed E-state index contributed by atoms with van der Waals surface area (Å²) in [6, 6.07) is 6.99. The fourth-order valence-corrected chi connectivity index (χ4v) is 7.65. The summed E-state index contributed by atoms with van der Waals surface area (Å²) >= 11 is 0. The average Bonchev–Trinajstić information content (AvgIpc) is 3.31. The van der Waals surface area contributed by atoms with Crippen molar-refractivity contribution in [2.45, 2.75) is 49.0 Å². The second-order valence-electron chi connectivity index (χ2n) is 10.4. The fraction of sp³-hybridized carbons (Fsp3) is 0.417. The average molecular weight is 524 g/mol. The van der Waals surface area contributed by atoms with Crippen LogP contribution in [-0.2, 0) is 15.6 Å². The Morgan fingerprint density at radius 2 is 1.62 bits per heavy atom. The molecule has 4 aliphatic rings. The third-order valence-corrected chi connectivity index (χ3v) is 9.16. The Hall–Kier alpha value is -3.87. The maximum atomic E-state index is 13.1. The van der Waals surface area contributed by atoms with E-state index in [1.807, 2.05) is 0 Å². The highest BCUT2D eigenvalue weighted by Crippen LogP contribution is 2.58. The molecule has 0 spiro atoms. The zero-order valence-electron chi connectivity index (χ0n) is 19.8. The first kappa shape index (κ1) is 23.5. The molecule has 12 nitrogen and oxygen atoms in total. The summed E-state index contributed by atoms with van der Waals surface area (Å²) in [5.74, 6) is 1.06. The number of carbonyl (C=O) groups is 1. The second-order valence-corrected chi connectivity index (χ2v) is 12.0.